The minimum absolute atomic E-state index is 0.175. The lowest BCUT2D eigenvalue weighted by Crippen LogP contribution is -2.03. The van der Waals surface area contributed by atoms with Crippen LogP contribution in [-0.4, -0.2) is 15.1 Å². The van der Waals surface area contributed by atoms with Gasteiger partial charge in [-0.1, -0.05) is 0 Å². The van der Waals surface area contributed by atoms with Crippen LogP contribution in [0.5, 0.6) is 0 Å². The summed E-state index contributed by atoms with van der Waals surface area (Å²) in [4.78, 5) is 8.16. The fourth-order valence-corrected chi connectivity index (χ4v) is 3.26. The average molecular weight is 294 g/mol. The third-order valence-electron chi connectivity index (χ3n) is 2.22. The number of aryl methyl sites for hydroxylation is 2. The summed E-state index contributed by atoms with van der Waals surface area (Å²) in [5, 5.41) is 9.86. The summed E-state index contributed by atoms with van der Waals surface area (Å²) < 4.78 is 37.2. The number of halogens is 3. The molecule has 0 aliphatic carbocycles. The Morgan fingerprint density at radius 1 is 1.28 bits per heavy atom. The summed E-state index contributed by atoms with van der Waals surface area (Å²) in [5.74, 6) is 0. The SMILES string of the molecule is Cc1nc(C)c(C(O)c2cnc(C(F)(F)F)s2)s1. The van der Waals surface area contributed by atoms with Crippen LogP contribution >= 0.6 is 22.7 Å². The van der Waals surface area contributed by atoms with Crippen molar-refractivity contribution in [2.24, 2.45) is 0 Å². The van der Waals surface area contributed by atoms with Crippen LogP contribution in [0.1, 0.15) is 31.6 Å². The molecule has 8 heteroatoms. The first-order valence-corrected chi connectivity index (χ1v) is 6.57. The van der Waals surface area contributed by atoms with Crippen molar-refractivity contribution >= 4 is 22.7 Å². The monoisotopic (exact) mass is 294 g/mol. The number of aliphatic hydroxyl groups excluding tert-OH is 1. The Balaban J connectivity index is 2.32. The van der Waals surface area contributed by atoms with Crippen LogP contribution in [0.3, 0.4) is 0 Å². The Morgan fingerprint density at radius 3 is 2.39 bits per heavy atom. The van der Waals surface area contributed by atoms with Gasteiger partial charge >= 0.3 is 6.18 Å². The molecule has 18 heavy (non-hydrogen) atoms. The van der Waals surface area contributed by atoms with E-state index in [-0.39, 0.29) is 4.88 Å². The quantitative estimate of drug-likeness (QED) is 0.924. The second-order valence-corrected chi connectivity index (χ2v) is 5.95. The van der Waals surface area contributed by atoms with E-state index in [2.05, 4.69) is 9.97 Å². The fraction of sp³-hybridized carbons (Fsp3) is 0.400. The Kier molecular flexibility index (Phi) is 3.43. The van der Waals surface area contributed by atoms with Gasteiger partial charge in [0.05, 0.1) is 20.5 Å². The van der Waals surface area contributed by atoms with E-state index in [0.717, 1.165) is 11.2 Å². The average Bonchev–Trinajstić information content (AvgIpc) is 2.83. The molecule has 0 radical (unpaired) electrons. The Bertz CT molecular complexity index is 562. The molecule has 1 N–H and O–H groups in total. The first-order chi connectivity index (χ1) is 8.29. The number of rotatable bonds is 2. The summed E-state index contributed by atoms with van der Waals surface area (Å²) in [7, 11) is 0. The molecule has 2 aromatic rings. The number of hydrogen-bond acceptors (Lipinski definition) is 5. The van der Waals surface area contributed by atoms with Gasteiger partial charge in [0.15, 0.2) is 5.01 Å². The van der Waals surface area contributed by atoms with Crippen molar-refractivity contribution in [2.45, 2.75) is 26.1 Å². The molecule has 2 aromatic heterocycles. The standard InChI is InChI=1S/C10H9F3N2OS2/c1-4-8(17-5(2)15-4)7(16)6-3-14-9(18-6)10(11,12)13/h3,7,16H,1-2H3. The zero-order valence-electron chi connectivity index (χ0n) is 9.45. The second kappa shape index (κ2) is 4.60. The van der Waals surface area contributed by atoms with Crippen molar-refractivity contribution < 1.29 is 18.3 Å². The van der Waals surface area contributed by atoms with Crippen LogP contribution in [0, 0.1) is 13.8 Å². The van der Waals surface area contributed by atoms with Gasteiger partial charge in [0.2, 0.25) is 0 Å². The highest BCUT2D eigenvalue weighted by Crippen LogP contribution is 2.37. The number of alkyl halides is 3. The number of aromatic nitrogens is 2. The fourth-order valence-electron chi connectivity index (χ4n) is 1.47. The van der Waals surface area contributed by atoms with Crippen LogP contribution in [0.2, 0.25) is 0 Å². The van der Waals surface area contributed by atoms with Crippen LogP contribution in [0.15, 0.2) is 6.20 Å². The van der Waals surface area contributed by atoms with E-state index in [4.69, 9.17) is 0 Å². The molecule has 1 atom stereocenters. The van der Waals surface area contributed by atoms with Crippen LogP contribution < -0.4 is 0 Å². The molecule has 0 bridgehead atoms. The summed E-state index contributed by atoms with van der Waals surface area (Å²) in [6.45, 7) is 3.50. The normalized spacial score (nSPS) is 13.9. The van der Waals surface area contributed by atoms with Gasteiger partial charge in [0.1, 0.15) is 6.10 Å². The molecule has 0 saturated heterocycles. The molecule has 2 heterocycles. The molecule has 0 fully saturated rings. The highest BCUT2D eigenvalue weighted by Gasteiger charge is 2.35. The van der Waals surface area contributed by atoms with Crippen molar-refractivity contribution in [1.82, 2.24) is 9.97 Å². The molecule has 2 rings (SSSR count). The topological polar surface area (TPSA) is 46.0 Å². The van der Waals surface area contributed by atoms with Gasteiger partial charge in [0.25, 0.3) is 0 Å². The highest BCUT2D eigenvalue weighted by atomic mass is 32.1. The van der Waals surface area contributed by atoms with Gasteiger partial charge in [-0.15, -0.1) is 22.7 Å². The summed E-state index contributed by atoms with van der Waals surface area (Å²) >= 11 is 1.72. The predicted molar refractivity (Wildman–Crippen MR) is 62.8 cm³/mol. The molecule has 0 spiro atoms. The second-order valence-electron chi connectivity index (χ2n) is 3.65. The van der Waals surface area contributed by atoms with Gasteiger partial charge in [-0.3, -0.25) is 0 Å². The van der Waals surface area contributed by atoms with E-state index in [1.54, 1.807) is 13.8 Å². The number of thiazole rings is 2. The summed E-state index contributed by atoms with van der Waals surface area (Å²) in [6, 6.07) is 0. The Hall–Kier alpha value is -0.990. The van der Waals surface area contributed by atoms with E-state index in [1.807, 2.05) is 0 Å². The molecular weight excluding hydrogens is 285 g/mol. The largest absolute Gasteiger partial charge is 0.443 e. The van der Waals surface area contributed by atoms with E-state index >= 15 is 0 Å². The molecule has 0 aliphatic heterocycles. The Morgan fingerprint density at radius 2 is 1.94 bits per heavy atom. The molecule has 0 aromatic carbocycles. The van der Waals surface area contributed by atoms with Crippen LogP contribution in [0.4, 0.5) is 13.2 Å². The molecule has 0 amide bonds. The van der Waals surface area contributed by atoms with Gasteiger partial charge < -0.3 is 5.11 Å². The lowest BCUT2D eigenvalue weighted by Gasteiger charge is -2.05. The van der Waals surface area contributed by atoms with Gasteiger partial charge in [-0.25, -0.2) is 9.97 Å². The van der Waals surface area contributed by atoms with Gasteiger partial charge in [0, 0.05) is 6.20 Å². The number of hydrogen-bond donors (Lipinski definition) is 1. The number of aliphatic hydroxyl groups is 1. The third kappa shape index (κ3) is 2.55. The van der Waals surface area contributed by atoms with Crippen LogP contribution in [0.25, 0.3) is 0 Å². The smallest absolute Gasteiger partial charge is 0.382 e. The van der Waals surface area contributed by atoms with E-state index in [9.17, 15) is 18.3 Å². The lowest BCUT2D eigenvalue weighted by molar-refractivity contribution is -0.137. The Labute approximate surface area is 109 Å². The first kappa shape index (κ1) is 13.4. The maximum atomic E-state index is 12.4. The predicted octanol–water partition coefficient (Wildman–Crippen LogP) is 3.32. The minimum Gasteiger partial charge on any atom is -0.382 e. The maximum Gasteiger partial charge on any atom is 0.443 e. The lowest BCUT2D eigenvalue weighted by atomic mass is 10.2. The molecule has 0 saturated carbocycles. The minimum atomic E-state index is -4.47. The van der Waals surface area contributed by atoms with Crippen molar-refractivity contribution in [3.05, 3.63) is 31.7 Å². The molecular formula is C10H9F3N2OS2. The van der Waals surface area contributed by atoms with Crippen molar-refractivity contribution in [3.8, 4) is 0 Å². The van der Waals surface area contributed by atoms with Gasteiger partial charge in [-0.05, 0) is 13.8 Å². The van der Waals surface area contributed by atoms with Crippen LogP contribution in [-0.2, 0) is 6.18 Å². The molecule has 3 nitrogen and oxygen atoms in total. The van der Waals surface area contributed by atoms with Crippen molar-refractivity contribution in [1.29, 1.82) is 0 Å². The zero-order chi connectivity index (χ0) is 13.5. The van der Waals surface area contributed by atoms with E-state index in [1.165, 1.54) is 11.3 Å². The van der Waals surface area contributed by atoms with Gasteiger partial charge in [-0.2, -0.15) is 13.2 Å². The molecule has 98 valence electrons. The summed E-state index contributed by atoms with van der Waals surface area (Å²) in [6.07, 6.45) is -4.50. The molecule has 0 aliphatic rings. The zero-order valence-corrected chi connectivity index (χ0v) is 11.1. The highest BCUT2D eigenvalue weighted by molar-refractivity contribution is 7.13. The van der Waals surface area contributed by atoms with Crippen molar-refractivity contribution in [3.63, 3.8) is 0 Å². The summed E-state index contributed by atoms with van der Waals surface area (Å²) in [5.41, 5.74) is 0.631. The van der Waals surface area contributed by atoms with E-state index < -0.39 is 17.3 Å². The maximum absolute atomic E-state index is 12.4. The number of nitrogens with zero attached hydrogens (tertiary/aromatic N) is 2. The van der Waals surface area contributed by atoms with E-state index in [0.29, 0.717) is 21.9 Å². The third-order valence-corrected chi connectivity index (χ3v) is 4.44. The molecule has 1 unspecified atom stereocenters. The van der Waals surface area contributed by atoms with Crippen molar-refractivity contribution in [2.75, 3.05) is 0 Å². The first-order valence-electron chi connectivity index (χ1n) is 4.94.